The summed E-state index contributed by atoms with van der Waals surface area (Å²) in [6, 6.07) is 16.1. The Balaban J connectivity index is 1.66. The third kappa shape index (κ3) is 4.44. The standard InChI is InChI=1S/C23H21N3OS2/c1-16-7-3-4-9-19(16)15-26(14-18-8-5-11-24-13-18)23(27)21-17(2)25-22(29-21)20-10-6-12-28-20/h3-13H,14-15H2,1-2H3. The quantitative estimate of drug-likeness (QED) is 0.401. The lowest BCUT2D eigenvalue weighted by Gasteiger charge is -2.23. The summed E-state index contributed by atoms with van der Waals surface area (Å²) >= 11 is 3.11. The molecule has 4 aromatic rings. The van der Waals surface area contributed by atoms with Crippen LogP contribution >= 0.6 is 22.7 Å². The van der Waals surface area contributed by atoms with Gasteiger partial charge in [-0.25, -0.2) is 4.98 Å². The molecule has 4 rings (SSSR count). The predicted octanol–water partition coefficient (Wildman–Crippen LogP) is 5.73. The molecule has 0 atom stereocenters. The minimum Gasteiger partial charge on any atom is -0.329 e. The molecule has 0 saturated heterocycles. The molecule has 0 aliphatic heterocycles. The van der Waals surface area contributed by atoms with Gasteiger partial charge in [0.05, 0.1) is 10.6 Å². The van der Waals surface area contributed by atoms with Crippen LogP contribution in [0.15, 0.2) is 66.3 Å². The van der Waals surface area contributed by atoms with E-state index in [2.05, 4.69) is 29.0 Å². The van der Waals surface area contributed by atoms with E-state index in [1.165, 1.54) is 16.9 Å². The summed E-state index contributed by atoms with van der Waals surface area (Å²) in [4.78, 5) is 26.1. The van der Waals surface area contributed by atoms with Crippen molar-refractivity contribution in [3.05, 3.63) is 93.6 Å². The molecule has 1 amide bonds. The van der Waals surface area contributed by atoms with Crippen LogP contribution in [0.25, 0.3) is 9.88 Å². The second kappa shape index (κ2) is 8.68. The van der Waals surface area contributed by atoms with Crippen molar-refractivity contribution in [3.63, 3.8) is 0 Å². The molecule has 0 fully saturated rings. The van der Waals surface area contributed by atoms with Crippen molar-refractivity contribution in [1.82, 2.24) is 14.9 Å². The summed E-state index contributed by atoms with van der Waals surface area (Å²) < 4.78 is 0. The summed E-state index contributed by atoms with van der Waals surface area (Å²) in [5.74, 6) is 0.00918. The van der Waals surface area contributed by atoms with Crippen LogP contribution in [-0.4, -0.2) is 20.8 Å². The molecule has 0 radical (unpaired) electrons. The lowest BCUT2D eigenvalue weighted by atomic mass is 10.1. The van der Waals surface area contributed by atoms with Crippen LogP contribution in [0.4, 0.5) is 0 Å². The van der Waals surface area contributed by atoms with Crippen molar-refractivity contribution < 1.29 is 4.79 Å². The van der Waals surface area contributed by atoms with Gasteiger partial charge in [-0.3, -0.25) is 9.78 Å². The monoisotopic (exact) mass is 419 g/mol. The third-order valence-electron chi connectivity index (χ3n) is 4.73. The summed E-state index contributed by atoms with van der Waals surface area (Å²) in [6.07, 6.45) is 3.56. The number of thiophene rings is 1. The van der Waals surface area contributed by atoms with Crippen molar-refractivity contribution in [2.24, 2.45) is 0 Å². The molecular weight excluding hydrogens is 398 g/mol. The van der Waals surface area contributed by atoms with E-state index in [4.69, 9.17) is 0 Å². The normalized spacial score (nSPS) is 10.8. The molecule has 0 saturated carbocycles. The number of hydrogen-bond donors (Lipinski definition) is 0. The second-order valence-corrected chi connectivity index (χ2v) is 8.81. The molecule has 0 unspecified atom stereocenters. The van der Waals surface area contributed by atoms with Gasteiger partial charge in [0.2, 0.25) is 0 Å². The molecule has 0 aliphatic carbocycles. The van der Waals surface area contributed by atoms with Gasteiger partial charge in [-0.15, -0.1) is 22.7 Å². The Kier molecular flexibility index (Phi) is 5.83. The van der Waals surface area contributed by atoms with E-state index in [0.29, 0.717) is 18.0 Å². The summed E-state index contributed by atoms with van der Waals surface area (Å²) in [6.45, 7) is 5.05. The van der Waals surface area contributed by atoms with Crippen LogP contribution in [0.5, 0.6) is 0 Å². The lowest BCUT2D eigenvalue weighted by Crippen LogP contribution is -2.30. The fourth-order valence-electron chi connectivity index (χ4n) is 3.15. The maximum absolute atomic E-state index is 13.5. The zero-order valence-corrected chi connectivity index (χ0v) is 18.0. The molecule has 6 heteroatoms. The highest BCUT2D eigenvalue weighted by Crippen LogP contribution is 2.32. The number of carbonyl (C=O) groups excluding carboxylic acids is 1. The van der Waals surface area contributed by atoms with Crippen LogP contribution < -0.4 is 0 Å². The van der Waals surface area contributed by atoms with Crippen molar-refractivity contribution >= 4 is 28.6 Å². The molecule has 0 spiro atoms. The SMILES string of the molecule is Cc1ccccc1CN(Cc1cccnc1)C(=O)c1sc(-c2cccs2)nc1C. The van der Waals surface area contributed by atoms with E-state index in [1.807, 2.05) is 59.8 Å². The Bertz CT molecular complexity index is 1100. The van der Waals surface area contributed by atoms with Gasteiger partial charge in [-0.1, -0.05) is 36.4 Å². The molecule has 3 aromatic heterocycles. The molecule has 29 heavy (non-hydrogen) atoms. The van der Waals surface area contributed by atoms with Crippen LogP contribution in [-0.2, 0) is 13.1 Å². The molecule has 0 aliphatic rings. The van der Waals surface area contributed by atoms with E-state index >= 15 is 0 Å². The first kappa shape index (κ1) is 19.5. The second-order valence-electron chi connectivity index (χ2n) is 6.86. The van der Waals surface area contributed by atoms with Crippen LogP contribution in [0, 0.1) is 13.8 Å². The number of nitrogens with zero attached hydrogens (tertiary/aromatic N) is 3. The smallest absolute Gasteiger partial charge is 0.266 e. The number of benzene rings is 1. The Morgan fingerprint density at radius 2 is 1.90 bits per heavy atom. The minimum atomic E-state index is 0.00918. The zero-order chi connectivity index (χ0) is 20.2. The van der Waals surface area contributed by atoms with Gasteiger partial charge in [0.25, 0.3) is 5.91 Å². The lowest BCUT2D eigenvalue weighted by molar-refractivity contribution is 0.0733. The fourth-order valence-corrected chi connectivity index (χ4v) is 4.98. The molecule has 1 aromatic carbocycles. The molecular formula is C23H21N3OS2. The highest BCUT2D eigenvalue weighted by molar-refractivity contribution is 7.22. The van der Waals surface area contributed by atoms with Gasteiger partial charge in [0.15, 0.2) is 0 Å². The van der Waals surface area contributed by atoms with Crippen LogP contribution in [0.1, 0.15) is 32.1 Å². The number of aryl methyl sites for hydroxylation is 2. The largest absolute Gasteiger partial charge is 0.329 e. The Labute approximate surface area is 178 Å². The van der Waals surface area contributed by atoms with Gasteiger partial charge in [-0.05, 0) is 48.1 Å². The number of amides is 1. The number of carbonyl (C=O) groups is 1. The molecule has 4 nitrogen and oxygen atoms in total. The van der Waals surface area contributed by atoms with E-state index in [1.54, 1.807) is 17.5 Å². The van der Waals surface area contributed by atoms with E-state index in [-0.39, 0.29) is 5.91 Å². The zero-order valence-electron chi connectivity index (χ0n) is 16.3. The van der Waals surface area contributed by atoms with Gasteiger partial charge in [0, 0.05) is 25.5 Å². The van der Waals surface area contributed by atoms with Crippen LogP contribution in [0.3, 0.4) is 0 Å². The van der Waals surface area contributed by atoms with Crippen molar-refractivity contribution in [3.8, 4) is 9.88 Å². The first-order chi connectivity index (χ1) is 14.1. The maximum atomic E-state index is 13.5. The van der Waals surface area contributed by atoms with Gasteiger partial charge in [-0.2, -0.15) is 0 Å². The molecule has 3 heterocycles. The topological polar surface area (TPSA) is 46.1 Å². The highest BCUT2D eigenvalue weighted by Gasteiger charge is 2.23. The van der Waals surface area contributed by atoms with Crippen molar-refractivity contribution in [1.29, 1.82) is 0 Å². The van der Waals surface area contributed by atoms with Crippen molar-refractivity contribution in [2.45, 2.75) is 26.9 Å². The van der Waals surface area contributed by atoms with Gasteiger partial charge < -0.3 is 4.90 Å². The van der Waals surface area contributed by atoms with E-state index in [0.717, 1.165) is 26.7 Å². The average Bonchev–Trinajstić information content (AvgIpc) is 3.39. The highest BCUT2D eigenvalue weighted by atomic mass is 32.1. The van der Waals surface area contributed by atoms with Crippen molar-refractivity contribution in [2.75, 3.05) is 0 Å². The fraction of sp³-hybridized carbons (Fsp3) is 0.174. The number of rotatable bonds is 6. The number of pyridine rings is 1. The van der Waals surface area contributed by atoms with E-state index in [9.17, 15) is 4.79 Å². The summed E-state index contributed by atoms with van der Waals surface area (Å²) in [5.41, 5.74) is 4.11. The predicted molar refractivity (Wildman–Crippen MR) is 119 cm³/mol. The molecule has 0 N–H and O–H groups in total. The Hall–Kier alpha value is -2.83. The summed E-state index contributed by atoms with van der Waals surface area (Å²) in [5, 5.41) is 2.93. The first-order valence-electron chi connectivity index (χ1n) is 9.36. The number of thiazole rings is 1. The van der Waals surface area contributed by atoms with Gasteiger partial charge >= 0.3 is 0 Å². The third-order valence-corrected chi connectivity index (χ3v) is 6.91. The summed E-state index contributed by atoms with van der Waals surface area (Å²) in [7, 11) is 0. The number of aromatic nitrogens is 2. The van der Waals surface area contributed by atoms with E-state index < -0.39 is 0 Å². The molecule has 0 bridgehead atoms. The van der Waals surface area contributed by atoms with Gasteiger partial charge in [0.1, 0.15) is 9.88 Å². The Morgan fingerprint density at radius 3 is 2.62 bits per heavy atom. The number of hydrogen-bond acceptors (Lipinski definition) is 5. The first-order valence-corrected chi connectivity index (χ1v) is 11.1. The minimum absolute atomic E-state index is 0.00918. The molecule has 146 valence electrons. The maximum Gasteiger partial charge on any atom is 0.266 e. The van der Waals surface area contributed by atoms with Crippen LogP contribution in [0.2, 0.25) is 0 Å². The average molecular weight is 420 g/mol. The Morgan fingerprint density at radius 1 is 1.03 bits per heavy atom.